The zero-order chi connectivity index (χ0) is 15.3. The van der Waals surface area contributed by atoms with E-state index in [1.807, 2.05) is 6.92 Å². The molecule has 2 nitrogen and oxygen atoms in total. The lowest BCUT2D eigenvalue weighted by Crippen LogP contribution is -2.26. The van der Waals surface area contributed by atoms with E-state index in [0.29, 0.717) is 12.4 Å². The van der Waals surface area contributed by atoms with Crippen LogP contribution >= 0.6 is 0 Å². The predicted molar refractivity (Wildman–Crippen MR) is 89.0 cm³/mol. The molecular formula is C15H28O2Si2. The van der Waals surface area contributed by atoms with Gasteiger partial charge in [-0.25, -0.2) is 0 Å². The Hall–Kier alpha value is -0.926. The van der Waals surface area contributed by atoms with Crippen molar-refractivity contribution in [2.45, 2.75) is 52.6 Å². The minimum absolute atomic E-state index is 0.594. The Balaban J connectivity index is 5.25. The molecule has 0 aromatic rings. The molecule has 19 heavy (non-hydrogen) atoms. The highest BCUT2D eigenvalue weighted by Crippen LogP contribution is 2.22. The van der Waals surface area contributed by atoms with E-state index in [-0.39, 0.29) is 0 Å². The molecule has 0 aliphatic carbocycles. The molecule has 0 saturated carbocycles. The molecule has 0 heterocycles. The Labute approximate surface area is 121 Å². The number of hydrogen-bond donors (Lipinski definition) is 0. The molecule has 0 rings (SSSR count). The first-order chi connectivity index (χ1) is 8.46. The molecule has 0 spiro atoms. The van der Waals surface area contributed by atoms with Gasteiger partial charge >= 0.3 is 0 Å². The molecular weight excluding hydrogens is 268 g/mol. The fourth-order valence-electron chi connectivity index (χ4n) is 1.30. The number of ether oxygens (including phenoxy) is 1. The van der Waals surface area contributed by atoms with Gasteiger partial charge in [-0.05, 0) is 32.1 Å². The first-order valence-electron chi connectivity index (χ1n) is 6.58. The minimum atomic E-state index is -1.69. The van der Waals surface area contributed by atoms with E-state index in [0.717, 1.165) is 11.1 Å². The molecule has 0 bridgehead atoms. The SMILES string of the molecule is C=C(C)/C(CC#C[Si](C)(C)C)=C(/OC)O[Si](C)(C)C. The van der Waals surface area contributed by atoms with Crippen molar-refractivity contribution in [2.24, 2.45) is 0 Å². The van der Waals surface area contributed by atoms with Crippen LogP contribution in [0.2, 0.25) is 39.3 Å². The summed E-state index contributed by atoms with van der Waals surface area (Å²) in [5, 5.41) is 0. The van der Waals surface area contributed by atoms with Gasteiger partial charge in [0.2, 0.25) is 8.32 Å². The summed E-state index contributed by atoms with van der Waals surface area (Å²) in [6.45, 7) is 19.1. The van der Waals surface area contributed by atoms with Crippen molar-refractivity contribution in [3.63, 3.8) is 0 Å². The highest BCUT2D eigenvalue weighted by Gasteiger charge is 2.21. The maximum absolute atomic E-state index is 5.97. The van der Waals surface area contributed by atoms with E-state index in [1.54, 1.807) is 7.11 Å². The lowest BCUT2D eigenvalue weighted by molar-refractivity contribution is 0.142. The summed E-state index contributed by atoms with van der Waals surface area (Å²) in [5.74, 6) is 3.85. The fourth-order valence-corrected chi connectivity index (χ4v) is 2.68. The van der Waals surface area contributed by atoms with E-state index in [2.05, 4.69) is 57.3 Å². The zero-order valence-electron chi connectivity index (χ0n) is 13.7. The summed E-state index contributed by atoms with van der Waals surface area (Å²) in [7, 11) is -1.38. The van der Waals surface area contributed by atoms with Gasteiger partial charge < -0.3 is 9.16 Å². The summed E-state index contributed by atoms with van der Waals surface area (Å²) in [4.78, 5) is 0. The van der Waals surface area contributed by atoms with Crippen molar-refractivity contribution in [1.82, 2.24) is 0 Å². The Morgan fingerprint density at radius 2 is 1.63 bits per heavy atom. The molecule has 0 aliphatic rings. The third-order valence-electron chi connectivity index (χ3n) is 2.07. The lowest BCUT2D eigenvalue weighted by Gasteiger charge is -2.23. The number of rotatable bonds is 5. The molecule has 0 aliphatic heterocycles. The number of methoxy groups -OCH3 is 1. The van der Waals surface area contributed by atoms with Gasteiger partial charge in [-0.2, -0.15) is 0 Å². The fraction of sp³-hybridized carbons (Fsp3) is 0.600. The smallest absolute Gasteiger partial charge is 0.269 e. The van der Waals surface area contributed by atoms with Gasteiger partial charge in [0.1, 0.15) is 8.07 Å². The van der Waals surface area contributed by atoms with Crippen LogP contribution in [-0.2, 0) is 9.16 Å². The molecule has 0 unspecified atom stereocenters. The minimum Gasteiger partial charge on any atom is -0.519 e. The summed E-state index contributed by atoms with van der Waals surface area (Å²) < 4.78 is 11.4. The van der Waals surface area contributed by atoms with Gasteiger partial charge in [0.05, 0.1) is 7.11 Å². The van der Waals surface area contributed by atoms with Crippen LogP contribution in [0, 0.1) is 11.5 Å². The molecule has 0 amide bonds. The maximum Gasteiger partial charge on any atom is 0.269 e. The zero-order valence-corrected chi connectivity index (χ0v) is 15.7. The molecule has 4 heteroatoms. The average molecular weight is 297 g/mol. The standard InChI is InChI=1S/C15H28O2Si2/c1-13(2)14(11-10-12-18(4,5)6)15(16-3)17-19(7,8)9/h1,11H2,2-9H3/b15-14-. The van der Waals surface area contributed by atoms with Gasteiger partial charge in [0.25, 0.3) is 5.95 Å². The highest BCUT2D eigenvalue weighted by molar-refractivity contribution is 6.83. The molecule has 0 saturated heterocycles. The normalized spacial score (nSPS) is 13.1. The third-order valence-corrected chi connectivity index (χ3v) is 3.80. The van der Waals surface area contributed by atoms with Crippen LogP contribution in [-0.4, -0.2) is 23.5 Å². The van der Waals surface area contributed by atoms with Crippen molar-refractivity contribution in [3.8, 4) is 11.5 Å². The summed E-state index contributed by atoms with van der Waals surface area (Å²) in [6, 6.07) is 0. The monoisotopic (exact) mass is 296 g/mol. The van der Waals surface area contributed by atoms with Crippen molar-refractivity contribution in [1.29, 1.82) is 0 Å². The quantitative estimate of drug-likeness (QED) is 0.321. The van der Waals surface area contributed by atoms with Crippen LogP contribution in [0.15, 0.2) is 23.7 Å². The highest BCUT2D eigenvalue weighted by atomic mass is 28.4. The molecule has 0 radical (unpaired) electrons. The summed E-state index contributed by atoms with van der Waals surface area (Å²) >= 11 is 0. The van der Waals surface area contributed by atoms with Gasteiger partial charge in [0, 0.05) is 12.0 Å². The Bertz CT molecular complexity index is 412. The largest absolute Gasteiger partial charge is 0.519 e. The summed E-state index contributed by atoms with van der Waals surface area (Å²) in [6.07, 6.45) is 0.646. The molecule has 0 N–H and O–H groups in total. The van der Waals surface area contributed by atoms with Crippen molar-refractivity contribution in [2.75, 3.05) is 7.11 Å². The molecule has 0 fully saturated rings. The van der Waals surface area contributed by atoms with Crippen LogP contribution in [0.4, 0.5) is 0 Å². The van der Waals surface area contributed by atoms with Crippen LogP contribution in [0.5, 0.6) is 0 Å². The second kappa shape index (κ2) is 7.02. The van der Waals surface area contributed by atoms with E-state index < -0.39 is 16.4 Å². The Kier molecular flexibility index (Phi) is 6.67. The number of hydrogen-bond acceptors (Lipinski definition) is 2. The van der Waals surface area contributed by atoms with Gasteiger partial charge in [0.15, 0.2) is 0 Å². The number of allylic oxidation sites excluding steroid dienone is 2. The van der Waals surface area contributed by atoms with Crippen LogP contribution in [0.25, 0.3) is 0 Å². The third kappa shape index (κ3) is 8.74. The van der Waals surface area contributed by atoms with E-state index in [4.69, 9.17) is 9.16 Å². The molecule has 0 aromatic heterocycles. The summed E-state index contributed by atoms with van der Waals surface area (Å²) in [5.41, 5.74) is 5.30. The lowest BCUT2D eigenvalue weighted by atomic mass is 10.1. The van der Waals surface area contributed by atoms with Gasteiger partial charge in [-0.3, -0.25) is 0 Å². The first-order valence-corrected chi connectivity index (χ1v) is 13.5. The van der Waals surface area contributed by atoms with Crippen LogP contribution in [0.1, 0.15) is 13.3 Å². The second-order valence-electron chi connectivity index (χ2n) is 6.69. The molecule has 0 aromatic carbocycles. The van der Waals surface area contributed by atoms with E-state index >= 15 is 0 Å². The molecule has 108 valence electrons. The average Bonchev–Trinajstić information content (AvgIpc) is 2.18. The predicted octanol–water partition coefficient (Wildman–Crippen LogP) is 4.54. The van der Waals surface area contributed by atoms with Crippen LogP contribution < -0.4 is 0 Å². The van der Waals surface area contributed by atoms with Crippen molar-refractivity contribution >= 4 is 16.4 Å². The second-order valence-corrected chi connectivity index (χ2v) is 15.9. The van der Waals surface area contributed by atoms with Crippen molar-refractivity contribution in [3.05, 3.63) is 23.7 Å². The van der Waals surface area contributed by atoms with Crippen LogP contribution in [0.3, 0.4) is 0 Å². The van der Waals surface area contributed by atoms with Gasteiger partial charge in [-0.1, -0.05) is 26.2 Å². The van der Waals surface area contributed by atoms with E-state index in [1.165, 1.54) is 0 Å². The van der Waals surface area contributed by atoms with Gasteiger partial charge in [-0.15, -0.1) is 11.5 Å². The first kappa shape index (κ1) is 18.1. The Morgan fingerprint density at radius 1 is 1.11 bits per heavy atom. The van der Waals surface area contributed by atoms with E-state index in [9.17, 15) is 0 Å². The maximum atomic E-state index is 5.97. The topological polar surface area (TPSA) is 18.5 Å². The van der Waals surface area contributed by atoms with Crippen molar-refractivity contribution < 1.29 is 9.16 Å². The Morgan fingerprint density at radius 3 is 1.95 bits per heavy atom. The molecule has 0 atom stereocenters.